The van der Waals surface area contributed by atoms with Gasteiger partial charge in [0.2, 0.25) is 5.88 Å². The first-order valence-corrected chi connectivity index (χ1v) is 7.00. The molecular weight excluding hydrogens is 283 g/mol. The highest BCUT2D eigenvalue weighted by Crippen LogP contribution is 2.19. The Bertz CT molecular complexity index is 428. The van der Waals surface area contributed by atoms with Crippen molar-refractivity contribution in [1.82, 2.24) is 9.88 Å². The molecule has 0 spiro atoms. The zero-order valence-electron chi connectivity index (χ0n) is 12.0. The van der Waals surface area contributed by atoms with Crippen LogP contribution in [0.25, 0.3) is 0 Å². The summed E-state index contributed by atoms with van der Waals surface area (Å²) in [7, 11) is 2.12. The number of alkyl halides is 3. The van der Waals surface area contributed by atoms with Gasteiger partial charge in [-0.3, -0.25) is 0 Å². The number of anilines is 1. The number of piperidine rings is 1. The number of rotatable bonds is 5. The summed E-state index contributed by atoms with van der Waals surface area (Å²) in [4.78, 5) is 6.17. The summed E-state index contributed by atoms with van der Waals surface area (Å²) in [5.41, 5.74) is 0.799. The fourth-order valence-corrected chi connectivity index (χ4v) is 2.25. The van der Waals surface area contributed by atoms with Crippen LogP contribution in [0.2, 0.25) is 0 Å². The lowest BCUT2D eigenvalue weighted by Crippen LogP contribution is -2.32. The van der Waals surface area contributed by atoms with Gasteiger partial charge in [-0.25, -0.2) is 4.98 Å². The van der Waals surface area contributed by atoms with E-state index in [0.29, 0.717) is 5.92 Å². The van der Waals surface area contributed by atoms with Crippen LogP contribution in [0.15, 0.2) is 18.3 Å². The minimum Gasteiger partial charge on any atom is -0.468 e. The Morgan fingerprint density at radius 2 is 2.05 bits per heavy atom. The van der Waals surface area contributed by atoms with Crippen molar-refractivity contribution in [2.24, 2.45) is 5.92 Å². The fraction of sp³-hybridized carbons (Fsp3) is 0.643. The molecule has 1 aromatic rings. The fourth-order valence-electron chi connectivity index (χ4n) is 2.25. The number of pyridine rings is 1. The average molecular weight is 303 g/mol. The van der Waals surface area contributed by atoms with Crippen LogP contribution in [0, 0.1) is 5.92 Å². The molecule has 2 heterocycles. The van der Waals surface area contributed by atoms with Crippen LogP contribution >= 0.6 is 0 Å². The molecule has 0 amide bonds. The lowest BCUT2D eigenvalue weighted by molar-refractivity contribution is -0.154. The Hall–Kier alpha value is -1.50. The quantitative estimate of drug-likeness (QED) is 0.907. The van der Waals surface area contributed by atoms with Crippen molar-refractivity contribution < 1.29 is 17.9 Å². The SMILES string of the molecule is CN1CCC(CNc2ccc(OCC(F)(F)F)nc2)CC1. The first-order chi connectivity index (χ1) is 9.92. The Kier molecular flexibility index (Phi) is 5.27. The molecule has 2 rings (SSSR count). The van der Waals surface area contributed by atoms with Gasteiger partial charge in [-0.1, -0.05) is 0 Å². The van der Waals surface area contributed by atoms with Crippen molar-refractivity contribution in [2.75, 3.05) is 38.6 Å². The number of halogens is 3. The summed E-state index contributed by atoms with van der Waals surface area (Å²) in [5, 5.41) is 3.27. The number of likely N-dealkylation sites (tertiary alicyclic amines) is 1. The maximum atomic E-state index is 12.0. The second-order valence-electron chi connectivity index (χ2n) is 5.42. The van der Waals surface area contributed by atoms with Crippen LogP contribution in [0.5, 0.6) is 5.88 Å². The number of ether oxygens (including phenoxy) is 1. The largest absolute Gasteiger partial charge is 0.468 e. The third-order valence-electron chi connectivity index (χ3n) is 3.55. The molecule has 0 radical (unpaired) electrons. The number of nitrogens with zero attached hydrogens (tertiary/aromatic N) is 2. The molecular formula is C14H20F3N3O. The van der Waals surface area contributed by atoms with Gasteiger partial charge >= 0.3 is 6.18 Å². The molecule has 1 aliphatic heterocycles. The monoisotopic (exact) mass is 303 g/mol. The second-order valence-corrected chi connectivity index (χ2v) is 5.42. The summed E-state index contributed by atoms with van der Waals surface area (Å²) < 4.78 is 40.6. The Labute approximate surface area is 122 Å². The minimum atomic E-state index is -4.34. The standard InChI is InChI=1S/C14H20F3N3O/c1-20-6-4-11(5-7-20)8-18-12-2-3-13(19-9-12)21-10-14(15,16)17/h2-3,9,11,18H,4-8,10H2,1H3. The summed E-state index contributed by atoms with van der Waals surface area (Å²) in [5.74, 6) is 0.611. The van der Waals surface area contributed by atoms with E-state index in [1.807, 2.05) is 0 Å². The molecule has 0 aromatic carbocycles. The van der Waals surface area contributed by atoms with Crippen LogP contribution in [0.3, 0.4) is 0 Å². The van der Waals surface area contributed by atoms with Crippen molar-refractivity contribution in [3.05, 3.63) is 18.3 Å². The third kappa shape index (κ3) is 5.79. The Morgan fingerprint density at radius 3 is 2.62 bits per heavy atom. The van der Waals surface area contributed by atoms with Gasteiger partial charge in [-0.2, -0.15) is 13.2 Å². The van der Waals surface area contributed by atoms with Crippen molar-refractivity contribution in [1.29, 1.82) is 0 Å². The molecule has 118 valence electrons. The van der Waals surface area contributed by atoms with Gasteiger partial charge in [0.05, 0.1) is 11.9 Å². The highest BCUT2D eigenvalue weighted by Gasteiger charge is 2.28. The molecule has 1 aliphatic rings. The molecule has 1 saturated heterocycles. The van der Waals surface area contributed by atoms with Crippen LogP contribution in [0.1, 0.15) is 12.8 Å². The molecule has 4 nitrogen and oxygen atoms in total. The second kappa shape index (κ2) is 6.98. The van der Waals surface area contributed by atoms with E-state index in [1.165, 1.54) is 12.3 Å². The molecule has 1 fully saturated rings. The van der Waals surface area contributed by atoms with Gasteiger partial charge in [0, 0.05) is 12.6 Å². The predicted octanol–water partition coefficient (Wildman–Crippen LogP) is 2.78. The summed E-state index contributed by atoms with van der Waals surface area (Å²) in [6.45, 7) is 1.75. The normalized spacial score (nSPS) is 17.7. The molecule has 0 unspecified atom stereocenters. The van der Waals surface area contributed by atoms with Crippen LogP contribution in [-0.2, 0) is 0 Å². The Balaban J connectivity index is 1.74. The van der Waals surface area contributed by atoms with E-state index in [1.54, 1.807) is 6.07 Å². The lowest BCUT2D eigenvalue weighted by Gasteiger charge is -2.29. The molecule has 1 N–H and O–H groups in total. The minimum absolute atomic E-state index is 0.0165. The van der Waals surface area contributed by atoms with Gasteiger partial charge < -0.3 is 15.0 Å². The molecule has 7 heteroatoms. The smallest absolute Gasteiger partial charge is 0.422 e. The zero-order valence-corrected chi connectivity index (χ0v) is 12.0. The molecule has 0 saturated carbocycles. The van der Waals surface area contributed by atoms with Crippen molar-refractivity contribution in [3.63, 3.8) is 0 Å². The van der Waals surface area contributed by atoms with Gasteiger partial charge in [-0.15, -0.1) is 0 Å². The molecule has 0 aliphatic carbocycles. The average Bonchev–Trinajstić information content (AvgIpc) is 2.45. The van der Waals surface area contributed by atoms with Gasteiger partial charge in [-0.05, 0) is 45.0 Å². The van der Waals surface area contributed by atoms with Crippen LogP contribution in [-0.4, -0.2) is 49.3 Å². The molecule has 0 bridgehead atoms. The third-order valence-corrected chi connectivity index (χ3v) is 3.55. The molecule has 0 atom stereocenters. The van der Waals surface area contributed by atoms with E-state index in [2.05, 4.69) is 27.0 Å². The molecule has 21 heavy (non-hydrogen) atoms. The summed E-state index contributed by atoms with van der Waals surface area (Å²) in [6.07, 6.45) is -0.527. The predicted molar refractivity (Wildman–Crippen MR) is 74.5 cm³/mol. The highest BCUT2D eigenvalue weighted by atomic mass is 19.4. The number of hydrogen-bond acceptors (Lipinski definition) is 4. The van der Waals surface area contributed by atoms with Crippen molar-refractivity contribution in [2.45, 2.75) is 19.0 Å². The van der Waals surface area contributed by atoms with Gasteiger partial charge in [0.1, 0.15) is 0 Å². The first-order valence-electron chi connectivity index (χ1n) is 7.00. The zero-order chi connectivity index (χ0) is 15.3. The number of hydrogen-bond donors (Lipinski definition) is 1. The van der Waals surface area contributed by atoms with Crippen molar-refractivity contribution >= 4 is 5.69 Å². The number of aromatic nitrogens is 1. The maximum Gasteiger partial charge on any atom is 0.422 e. The topological polar surface area (TPSA) is 37.4 Å². The lowest BCUT2D eigenvalue weighted by atomic mass is 9.97. The highest BCUT2D eigenvalue weighted by molar-refractivity contribution is 5.42. The molecule has 1 aromatic heterocycles. The van der Waals surface area contributed by atoms with Crippen molar-refractivity contribution in [3.8, 4) is 5.88 Å². The van der Waals surface area contributed by atoms with E-state index in [0.717, 1.165) is 38.2 Å². The summed E-state index contributed by atoms with van der Waals surface area (Å²) in [6, 6.07) is 3.14. The van der Waals surface area contributed by atoms with Crippen LogP contribution in [0.4, 0.5) is 18.9 Å². The van der Waals surface area contributed by atoms with Crippen LogP contribution < -0.4 is 10.1 Å². The van der Waals surface area contributed by atoms with E-state index in [-0.39, 0.29) is 5.88 Å². The number of nitrogens with one attached hydrogen (secondary N) is 1. The Morgan fingerprint density at radius 1 is 1.33 bits per heavy atom. The maximum absolute atomic E-state index is 12.0. The van der Waals surface area contributed by atoms with E-state index < -0.39 is 12.8 Å². The van der Waals surface area contributed by atoms with Gasteiger partial charge in [0.25, 0.3) is 0 Å². The van der Waals surface area contributed by atoms with Gasteiger partial charge in [0.15, 0.2) is 6.61 Å². The van der Waals surface area contributed by atoms with E-state index in [4.69, 9.17) is 0 Å². The van der Waals surface area contributed by atoms with E-state index in [9.17, 15) is 13.2 Å². The summed E-state index contributed by atoms with van der Waals surface area (Å²) >= 11 is 0. The van der Waals surface area contributed by atoms with E-state index >= 15 is 0 Å². The first kappa shape index (κ1) is 15.9.